The van der Waals surface area contributed by atoms with E-state index in [0.717, 1.165) is 6.07 Å². The van der Waals surface area contributed by atoms with Gasteiger partial charge in [-0.1, -0.05) is 18.2 Å². The summed E-state index contributed by atoms with van der Waals surface area (Å²) >= 11 is 0. The normalized spacial score (nSPS) is 20.3. The van der Waals surface area contributed by atoms with Crippen molar-refractivity contribution in [3.63, 3.8) is 0 Å². The summed E-state index contributed by atoms with van der Waals surface area (Å²) in [6.07, 6.45) is -4.16. The fraction of sp³-hybridized carbons (Fsp3) is 0.368. The van der Waals surface area contributed by atoms with Gasteiger partial charge >= 0.3 is 6.18 Å². The molecule has 1 aromatic carbocycles. The summed E-state index contributed by atoms with van der Waals surface area (Å²) in [4.78, 5) is 21.0. The number of halogens is 3. The van der Waals surface area contributed by atoms with Crippen molar-refractivity contribution in [3.05, 3.63) is 58.7 Å². The van der Waals surface area contributed by atoms with E-state index >= 15 is 0 Å². The molecule has 0 radical (unpaired) electrons. The van der Waals surface area contributed by atoms with Crippen LogP contribution in [-0.4, -0.2) is 15.8 Å². The van der Waals surface area contributed by atoms with Crippen molar-refractivity contribution < 1.29 is 18.0 Å². The number of rotatable bonds is 4. The number of aryl methyl sites for hydroxylation is 2. The molecule has 1 saturated carbocycles. The zero-order valence-electron chi connectivity index (χ0n) is 14.2. The van der Waals surface area contributed by atoms with Crippen LogP contribution < -0.4 is 0 Å². The number of hydrogen-bond donors (Lipinski definition) is 0. The first-order valence-electron chi connectivity index (χ1n) is 8.14. The first-order chi connectivity index (χ1) is 12.2. The Labute approximate surface area is 148 Å². The highest BCUT2D eigenvalue weighted by Crippen LogP contribution is 2.52. The second-order valence-corrected chi connectivity index (χ2v) is 6.48. The maximum Gasteiger partial charge on any atom is 0.416 e. The zero-order chi connectivity index (χ0) is 19.1. The molecular formula is C19H16F3N3O. The minimum Gasteiger partial charge on any atom is -0.297 e. The summed E-state index contributed by atoms with van der Waals surface area (Å²) in [5, 5.41) is 9.44. The predicted octanol–water partition coefficient (Wildman–Crippen LogP) is 4.09. The number of hydrogen-bond acceptors (Lipinski definition) is 4. The van der Waals surface area contributed by atoms with Crippen LogP contribution >= 0.6 is 0 Å². The maximum atomic E-state index is 13.2. The third kappa shape index (κ3) is 3.45. The predicted molar refractivity (Wildman–Crippen MR) is 87.2 cm³/mol. The van der Waals surface area contributed by atoms with E-state index in [2.05, 4.69) is 9.97 Å². The third-order valence-corrected chi connectivity index (χ3v) is 4.52. The minimum absolute atomic E-state index is 0.116. The Hall–Kier alpha value is -2.75. The van der Waals surface area contributed by atoms with Gasteiger partial charge in [-0.2, -0.15) is 18.4 Å². The summed E-state index contributed by atoms with van der Waals surface area (Å²) in [7, 11) is 0. The highest BCUT2D eigenvalue weighted by Gasteiger charge is 2.49. The first-order valence-corrected chi connectivity index (χ1v) is 8.14. The fourth-order valence-corrected chi connectivity index (χ4v) is 3.31. The molecule has 1 aliphatic carbocycles. The Bertz CT molecular complexity index is 881. The van der Waals surface area contributed by atoms with Crippen molar-refractivity contribution in [1.29, 1.82) is 5.26 Å². The Kier molecular flexibility index (Phi) is 4.53. The zero-order valence-corrected chi connectivity index (χ0v) is 14.2. The molecule has 1 fully saturated rings. The quantitative estimate of drug-likeness (QED) is 0.825. The molecule has 0 aliphatic heterocycles. The molecule has 4 nitrogen and oxygen atoms in total. The van der Waals surface area contributed by atoms with Gasteiger partial charge in [0.05, 0.1) is 17.3 Å². The SMILES string of the molecule is Cc1cc([C@H](C#N)C(=O)[C@H]2C[C@@H]2c2ccccc2C(F)(F)F)nc(C)n1. The lowest BCUT2D eigenvalue weighted by Gasteiger charge is -2.13. The second-order valence-electron chi connectivity index (χ2n) is 6.48. The number of nitrogens with zero attached hydrogens (tertiary/aromatic N) is 3. The van der Waals surface area contributed by atoms with Gasteiger partial charge in [-0.3, -0.25) is 4.79 Å². The third-order valence-electron chi connectivity index (χ3n) is 4.52. The summed E-state index contributed by atoms with van der Waals surface area (Å²) in [5.41, 5.74) is 0.334. The number of nitriles is 1. The fourth-order valence-electron chi connectivity index (χ4n) is 3.31. The lowest BCUT2D eigenvalue weighted by Crippen LogP contribution is -2.17. The van der Waals surface area contributed by atoms with Crippen LogP contribution in [0.25, 0.3) is 0 Å². The van der Waals surface area contributed by atoms with E-state index in [4.69, 9.17) is 0 Å². The Morgan fingerprint density at radius 1 is 1.27 bits per heavy atom. The van der Waals surface area contributed by atoms with Crippen molar-refractivity contribution >= 4 is 5.78 Å². The van der Waals surface area contributed by atoms with Crippen molar-refractivity contribution in [1.82, 2.24) is 9.97 Å². The lowest BCUT2D eigenvalue weighted by molar-refractivity contribution is -0.138. The molecule has 0 spiro atoms. The minimum atomic E-state index is -4.47. The van der Waals surface area contributed by atoms with E-state index in [0.29, 0.717) is 23.6 Å². The van der Waals surface area contributed by atoms with Crippen molar-refractivity contribution in [3.8, 4) is 6.07 Å². The molecule has 1 aliphatic rings. The summed E-state index contributed by atoms with van der Waals surface area (Å²) in [5.74, 6) is -2.14. The number of carbonyl (C=O) groups excluding carboxylic acids is 1. The molecule has 3 atom stereocenters. The molecule has 3 rings (SSSR count). The number of aromatic nitrogens is 2. The summed E-state index contributed by atoms with van der Waals surface area (Å²) in [6.45, 7) is 3.39. The van der Waals surface area contributed by atoms with Crippen LogP contribution in [0.5, 0.6) is 0 Å². The topological polar surface area (TPSA) is 66.6 Å². The molecule has 134 valence electrons. The van der Waals surface area contributed by atoms with Crippen molar-refractivity contribution in [2.45, 2.75) is 38.3 Å². The van der Waals surface area contributed by atoms with Crippen LogP contribution in [0.1, 0.15) is 46.6 Å². The van der Waals surface area contributed by atoms with Gasteiger partial charge < -0.3 is 0 Å². The van der Waals surface area contributed by atoms with Gasteiger partial charge in [0.1, 0.15) is 11.7 Å². The highest BCUT2D eigenvalue weighted by molar-refractivity contribution is 5.93. The van der Waals surface area contributed by atoms with Crippen molar-refractivity contribution in [2.75, 3.05) is 0 Å². The average Bonchev–Trinajstić information content (AvgIpc) is 3.34. The molecular weight excluding hydrogens is 343 g/mol. The van der Waals surface area contributed by atoms with E-state index in [1.807, 2.05) is 6.07 Å². The van der Waals surface area contributed by atoms with Crippen LogP contribution in [-0.2, 0) is 11.0 Å². The first kappa shape index (κ1) is 18.1. The molecule has 2 aromatic rings. The molecule has 0 amide bonds. The summed E-state index contributed by atoms with van der Waals surface area (Å²) in [6, 6.07) is 8.80. The number of ketones is 1. The summed E-state index contributed by atoms with van der Waals surface area (Å²) < 4.78 is 39.6. The lowest BCUT2D eigenvalue weighted by atomic mass is 9.94. The van der Waals surface area contributed by atoms with Crippen molar-refractivity contribution in [2.24, 2.45) is 5.92 Å². The van der Waals surface area contributed by atoms with E-state index in [9.17, 15) is 23.2 Å². The van der Waals surface area contributed by atoms with Gasteiger partial charge in [0.25, 0.3) is 0 Å². The number of Topliss-reactive ketones (excluding diaryl/α,β-unsaturated/α-hetero) is 1. The Morgan fingerprint density at radius 2 is 1.96 bits per heavy atom. The van der Waals surface area contributed by atoms with Crippen LogP contribution in [0.3, 0.4) is 0 Å². The van der Waals surface area contributed by atoms with E-state index < -0.39 is 29.5 Å². The van der Waals surface area contributed by atoms with Gasteiger partial charge in [0.15, 0.2) is 5.78 Å². The van der Waals surface area contributed by atoms with Gasteiger partial charge in [0.2, 0.25) is 0 Å². The van der Waals surface area contributed by atoms with Crippen LogP contribution in [0.15, 0.2) is 30.3 Å². The smallest absolute Gasteiger partial charge is 0.297 e. The number of benzene rings is 1. The van der Waals surface area contributed by atoms with Gasteiger partial charge in [-0.05, 0) is 43.9 Å². The monoisotopic (exact) mass is 359 g/mol. The Morgan fingerprint density at radius 3 is 2.58 bits per heavy atom. The molecule has 26 heavy (non-hydrogen) atoms. The van der Waals surface area contributed by atoms with Crippen LogP contribution in [0, 0.1) is 31.1 Å². The maximum absolute atomic E-state index is 13.2. The molecule has 1 aromatic heterocycles. The largest absolute Gasteiger partial charge is 0.416 e. The second kappa shape index (κ2) is 6.52. The molecule has 1 heterocycles. The standard InChI is InChI=1S/C19H16F3N3O/c1-10-7-17(25-11(2)24-10)15(9-23)18(26)14-8-13(14)12-5-3-4-6-16(12)19(20,21)22/h3-7,13-15H,8H2,1-2H3/t13-,14+,15+/m1/s1. The molecule has 7 heteroatoms. The van der Waals surface area contributed by atoms with E-state index in [-0.39, 0.29) is 11.3 Å². The number of alkyl halides is 3. The van der Waals surface area contributed by atoms with Crippen LogP contribution in [0.2, 0.25) is 0 Å². The van der Waals surface area contributed by atoms with Gasteiger partial charge in [-0.15, -0.1) is 0 Å². The Balaban J connectivity index is 1.86. The van der Waals surface area contributed by atoms with Gasteiger partial charge in [0, 0.05) is 11.6 Å². The van der Waals surface area contributed by atoms with Gasteiger partial charge in [-0.25, -0.2) is 9.97 Å². The highest BCUT2D eigenvalue weighted by atomic mass is 19.4. The number of carbonyl (C=O) groups is 1. The molecule has 0 N–H and O–H groups in total. The molecule has 0 unspecified atom stereocenters. The van der Waals surface area contributed by atoms with E-state index in [1.54, 1.807) is 19.9 Å². The van der Waals surface area contributed by atoms with E-state index in [1.165, 1.54) is 18.2 Å². The average molecular weight is 359 g/mol. The molecule has 0 saturated heterocycles. The molecule has 0 bridgehead atoms. The van der Waals surface area contributed by atoms with Crippen LogP contribution in [0.4, 0.5) is 13.2 Å².